The predicted molar refractivity (Wildman–Crippen MR) is 81.4 cm³/mol. The molecule has 0 saturated carbocycles. The Morgan fingerprint density at radius 3 is 2.67 bits per heavy atom. The van der Waals surface area contributed by atoms with Crippen LogP contribution in [-0.2, 0) is 12.0 Å². The SMILES string of the molecule is CC(O)(Cc1cccc2ccccc12)c1cncc(F)c1. The maximum Gasteiger partial charge on any atom is 0.141 e. The van der Waals surface area contributed by atoms with Crippen LogP contribution in [0.3, 0.4) is 0 Å². The van der Waals surface area contributed by atoms with Crippen LogP contribution in [0.4, 0.5) is 4.39 Å². The van der Waals surface area contributed by atoms with E-state index in [2.05, 4.69) is 4.98 Å². The standard InChI is InChI=1S/C18H16FNO/c1-18(21,15-9-16(19)12-20-11-15)10-14-7-4-6-13-5-2-3-8-17(13)14/h2-9,11-12,21H,10H2,1H3. The second-order valence-corrected chi connectivity index (χ2v) is 5.48. The van der Waals surface area contributed by atoms with Crippen molar-refractivity contribution in [3.05, 3.63) is 77.9 Å². The maximum atomic E-state index is 13.3. The summed E-state index contributed by atoms with van der Waals surface area (Å²) in [6.07, 6.45) is 3.05. The van der Waals surface area contributed by atoms with Crippen molar-refractivity contribution in [2.24, 2.45) is 0 Å². The molecule has 1 atom stereocenters. The zero-order chi connectivity index (χ0) is 14.9. The molecule has 0 radical (unpaired) electrons. The number of aliphatic hydroxyl groups is 1. The molecular formula is C18H16FNO. The maximum absolute atomic E-state index is 13.3. The lowest BCUT2D eigenvalue weighted by molar-refractivity contribution is 0.0572. The minimum Gasteiger partial charge on any atom is -0.385 e. The van der Waals surface area contributed by atoms with Crippen LogP contribution in [0.5, 0.6) is 0 Å². The zero-order valence-electron chi connectivity index (χ0n) is 11.8. The first-order chi connectivity index (χ1) is 10.1. The Morgan fingerprint density at radius 1 is 1.10 bits per heavy atom. The highest BCUT2D eigenvalue weighted by molar-refractivity contribution is 5.85. The molecule has 1 N–H and O–H groups in total. The van der Waals surface area contributed by atoms with E-state index >= 15 is 0 Å². The summed E-state index contributed by atoms with van der Waals surface area (Å²) in [4.78, 5) is 3.82. The van der Waals surface area contributed by atoms with Crippen molar-refractivity contribution in [3.63, 3.8) is 0 Å². The van der Waals surface area contributed by atoms with E-state index in [1.54, 1.807) is 6.92 Å². The van der Waals surface area contributed by atoms with Crippen molar-refractivity contribution in [3.8, 4) is 0 Å². The van der Waals surface area contributed by atoms with Crippen molar-refractivity contribution < 1.29 is 9.50 Å². The van der Waals surface area contributed by atoms with E-state index in [1.165, 1.54) is 12.3 Å². The Kier molecular flexibility index (Phi) is 3.43. The van der Waals surface area contributed by atoms with E-state index in [-0.39, 0.29) is 0 Å². The molecule has 2 aromatic carbocycles. The largest absolute Gasteiger partial charge is 0.385 e. The van der Waals surface area contributed by atoms with E-state index in [0.717, 1.165) is 22.5 Å². The number of nitrogens with zero attached hydrogens (tertiary/aromatic N) is 1. The van der Waals surface area contributed by atoms with Gasteiger partial charge in [0.25, 0.3) is 0 Å². The molecule has 1 heterocycles. The fourth-order valence-electron chi connectivity index (χ4n) is 2.63. The normalized spacial score (nSPS) is 14.0. The first-order valence-corrected chi connectivity index (χ1v) is 6.86. The number of halogens is 1. The van der Waals surface area contributed by atoms with Gasteiger partial charge in [0.1, 0.15) is 5.82 Å². The van der Waals surface area contributed by atoms with Gasteiger partial charge in [-0.1, -0.05) is 42.5 Å². The van der Waals surface area contributed by atoms with Gasteiger partial charge in [-0.15, -0.1) is 0 Å². The van der Waals surface area contributed by atoms with Gasteiger partial charge in [0, 0.05) is 18.2 Å². The molecule has 0 fully saturated rings. The van der Waals surface area contributed by atoms with Gasteiger partial charge in [0.05, 0.1) is 11.8 Å². The summed E-state index contributed by atoms with van der Waals surface area (Å²) >= 11 is 0. The lowest BCUT2D eigenvalue weighted by Gasteiger charge is -2.24. The molecule has 1 aromatic heterocycles. The highest BCUT2D eigenvalue weighted by Gasteiger charge is 2.25. The molecule has 3 rings (SSSR count). The van der Waals surface area contributed by atoms with E-state index in [4.69, 9.17) is 0 Å². The number of pyridine rings is 1. The summed E-state index contributed by atoms with van der Waals surface area (Å²) in [6, 6.07) is 15.4. The molecule has 0 aliphatic carbocycles. The molecule has 3 heteroatoms. The van der Waals surface area contributed by atoms with E-state index in [0.29, 0.717) is 12.0 Å². The van der Waals surface area contributed by atoms with Crippen LogP contribution >= 0.6 is 0 Å². The minimum absolute atomic E-state index is 0.402. The van der Waals surface area contributed by atoms with Gasteiger partial charge >= 0.3 is 0 Å². The topological polar surface area (TPSA) is 33.1 Å². The average molecular weight is 281 g/mol. The van der Waals surface area contributed by atoms with Crippen LogP contribution in [0.1, 0.15) is 18.1 Å². The zero-order valence-corrected chi connectivity index (χ0v) is 11.8. The second kappa shape index (κ2) is 5.26. The van der Waals surface area contributed by atoms with Gasteiger partial charge in [0.15, 0.2) is 0 Å². The highest BCUT2D eigenvalue weighted by atomic mass is 19.1. The van der Waals surface area contributed by atoms with Crippen molar-refractivity contribution in [2.45, 2.75) is 18.9 Å². The van der Waals surface area contributed by atoms with Crippen molar-refractivity contribution in [1.82, 2.24) is 4.98 Å². The molecular weight excluding hydrogens is 265 g/mol. The third kappa shape index (κ3) is 2.78. The monoisotopic (exact) mass is 281 g/mol. The van der Waals surface area contributed by atoms with Crippen LogP contribution in [0.15, 0.2) is 60.9 Å². The summed E-state index contributed by atoms with van der Waals surface area (Å²) in [5, 5.41) is 12.9. The smallest absolute Gasteiger partial charge is 0.141 e. The highest BCUT2D eigenvalue weighted by Crippen LogP contribution is 2.28. The molecule has 0 spiro atoms. The first kappa shape index (κ1) is 13.7. The van der Waals surface area contributed by atoms with Crippen LogP contribution in [0, 0.1) is 5.82 Å². The summed E-state index contributed by atoms with van der Waals surface area (Å²) in [5.41, 5.74) is 0.344. The fraction of sp³-hybridized carbons (Fsp3) is 0.167. The number of aromatic nitrogens is 1. The molecule has 21 heavy (non-hydrogen) atoms. The summed E-state index contributed by atoms with van der Waals surface area (Å²) in [5.74, 6) is -0.439. The Bertz CT molecular complexity index is 778. The third-order valence-electron chi connectivity index (χ3n) is 3.74. The third-order valence-corrected chi connectivity index (χ3v) is 3.74. The van der Waals surface area contributed by atoms with Gasteiger partial charge in [-0.3, -0.25) is 4.98 Å². The molecule has 3 aromatic rings. The van der Waals surface area contributed by atoms with Crippen LogP contribution in [-0.4, -0.2) is 10.1 Å². The number of rotatable bonds is 3. The lowest BCUT2D eigenvalue weighted by Crippen LogP contribution is -2.24. The molecule has 0 saturated heterocycles. The molecule has 0 aliphatic heterocycles. The summed E-state index contributed by atoms with van der Waals surface area (Å²) in [6.45, 7) is 1.69. The lowest BCUT2D eigenvalue weighted by atomic mass is 9.88. The average Bonchev–Trinajstić information content (AvgIpc) is 2.47. The quantitative estimate of drug-likeness (QED) is 0.791. The van der Waals surface area contributed by atoms with Crippen molar-refractivity contribution in [1.29, 1.82) is 0 Å². The molecule has 106 valence electrons. The Morgan fingerprint density at radius 2 is 1.86 bits per heavy atom. The second-order valence-electron chi connectivity index (χ2n) is 5.48. The van der Waals surface area contributed by atoms with E-state index in [1.807, 2.05) is 42.5 Å². The number of hydrogen-bond acceptors (Lipinski definition) is 2. The van der Waals surface area contributed by atoms with Crippen molar-refractivity contribution >= 4 is 10.8 Å². The Balaban J connectivity index is 2.01. The summed E-state index contributed by atoms with van der Waals surface area (Å²) in [7, 11) is 0. The molecule has 1 unspecified atom stereocenters. The van der Waals surface area contributed by atoms with Crippen LogP contribution in [0.25, 0.3) is 10.8 Å². The van der Waals surface area contributed by atoms with Gasteiger partial charge in [0.2, 0.25) is 0 Å². The number of fused-ring (bicyclic) bond motifs is 1. The fourth-order valence-corrected chi connectivity index (χ4v) is 2.63. The minimum atomic E-state index is -1.17. The van der Waals surface area contributed by atoms with Crippen LogP contribution < -0.4 is 0 Å². The van der Waals surface area contributed by atoms with Crippen molar-refractivity contribution in [2.75, 3.05) is 0 Å². The van der Waals surface area contributed by atoms with E-state index in [9.17, 15) is 9.50 Å². The number of hydrogen-bond donors (Lipinski definition) is 1. The van der Waals surface area contributed by atoms with E-state index < -0.39 is 11.4 Å². The molecule has 0 amide bonds. The van der Waals surface area contributed by atoms with Crippen LogP contribution in [0.2, 0.25) is 0 Å². The summed E-state index contributed by atoms with van der Waals surface area (Å²) < 4.78 is 13.3. The van der Waals surface area contributed by atoms with Gasteiger partial charge < -0.3 is 5.11 Å². The predicted octanol–water partition coefficient (Wildman–Crippen LogP) is 3.82. The molecule has 0 aliphatic rings. The molecule has 2 nitrogen and oxygen atoms in total. The molecule has 0 bridgehead atoms. The Hall–Kier alpha value is -2.26. The number of benzene rings is 2. The Labute approximate surface area is 122 Å². The first-order valence-electron chi connectivity index (χ1n) is 6.86. The van der Waals surface area contributed by atoms with Gasteiger partial charge in [-0.05, 0) is 29.3 Å². The van der Waals surface area contributed by atoms with Gasteiger partial charge in [-0.25, -0.2) is 4.39 Å². The van der Waals surface area contributed by atoms with Gasteiger partial charge in [-0.2, -0.15) is 0 Å².